The molecule has 0 aromatic rings. The lowest BCUT2D eigenvalue weighted by Crippen LogP contribution is -2.58. The lowest BCUT2D eigenvalue weighted by molar-refractivity contribution is -0.962. The van der Waals surface area contributed by atoms with Crippen molar-refractivity contribution < 1.29 is 4.48 Å². The van der Waals surface area contributed by atoms with E-state index in [4.69, 9.17) is 0 Å². The molecule has 4 atom stereocenters. The minimum Gasteiger partial charge on any atom is -0.319 e. The van der Waals surface area contributed by atoms with Crippen LogP contribution in [0.15, 0.2) is 0 Å². The fourth-order valence-electron chi connectivity index (χ4n) is 4.14. The highest BCUT2D eigenvalue weighted by Gasteiger charge is 2.46. The highest BCUT2D eigenvalue weighted by molar-refractivity contribution is 4.78. The highest BCUT2D eigenvalue weighted by Crippen LogP contribution is 2.39. The zero-order valence-corrected chi connectivity index (χ0v) is 11.0. The molecule has 0 amide bonds. The van der Waals surface area contributed by atoms with Gasteiger partial charge in [0.25, 0.3) is 0 Å². The number of nitrogens with zero attached hydrogens (tertiary/aromatic N) is 1. The summed E-state index contributed by atoms with van der Waals surface area (Å²) < 4.78 is 1.45. The van der Waals surface area contributed by atoms with Gasteiger partial charge in [0.1, 0.15) is 0 Å². The summed E-state index contributed by atoms with van der Waals surface area (Å²) in [5.74, 6) is 1.84. The van der Waals surface area contributed by atoms with Crippen LogP contribution in [0.4, 0.5) is 0 Å². The molecule has 88 valence electrons. The number of quaternary nitrogens is 1. The molecule has 2 rings (SSSR count). The summed E-state index contributed by atoms with van der Waals surface area (Å²) in [4.78, 5) is 0. The molecule has 0 aromatic carbocycles. The predicted octanol–water partition coefficient (Wildman–Crippen LogP) is 3.44. The smallest absolute Gasteiger partial charge is 0.0892 e. The summed E-state index contributed by atoms with van der Waals surface area (Å²) in [5, 5.41) is 0. The molecule has 2 aliphatic rings. The van der Waals surface area contributed by atoms with Crippen molar-refractivity contribution in [3.8, 4) is 0 Å². The fraction of sp³-hybridized carbons (Fsp3) is 1.00. The lowest BCUT2D eigenvalue weighted by Gasteiger charge is -2.46. The Hall–Kier alpha value is -0.0400. The summed E-state index contributed by atoms with van der Waals surface area (Å²) in [6.07, 6.45) is 5.84. The van der Waals surface area contributed by atoms with E-state index in [-0.39, 0.29) is 0 Å². The zero-order valence-electron chi connectivity index (χ0n) is 11.0. The second kappa shape index (κ2) is 4.08. The van der Waals surface area contributed by atoms with Gasteiger partial charge >= 0.3 is 0 Å². The molecular weight excluding hydrogens is 182 g/mol. The van der Waals surface area contributed by atoms with Crippen molar-refractivity contribution in [2.24, 2.45) is 11.8 Å². The lowest BCUT2D eigenvalue weighted by atomic mass is 9.87. The Morgan fingerprint density at radius 2 is 1.47 bits per heavy atom. The molecule has 1 heteroatoms. The molecule has 4 unspecified atom stereocenters. The quantitative estimate of drug-likeness (QED) is 0.537. The van der Waals surface area contributed by atoms with Crippen LogP contribution in [0.5, 0.6) is 0 Å². The van der Waals surface area contributed by atoms with E-state index in [0.717, 1.165) is 23.9 Å². The molecule has 0 radical (unpaired) electrons. The molecule has 2 fully saturated rings. The van der Waals surface area contributed by atoms with Gasteiger partial charge in [-0.1, -0.05) is 13.8 Å². The molecule has 0 aliphatic carbocycles. The third-order valence-corrected chi connectivity index (χ3v) is 5.79. The second-order valence-corrected chi connectivity index (χ2v) is 6.26. The molecule has 2 heterocycles. The van der Waals surface area contributed by atoms with Crippen molar-refractivity contribution in [2.75, 3.05) is 13.1 Å². The SMILES string of the molecule is CC1CCC(C)[N+]2(CCCC2)C(C)C1C. The van der Waals surface area contributed by atoms with Crippen LogP contribution in [-0.2, 0) is 0 Å². The van der Waals surface area contributed by atoms with Crippen molar-refractivity contribution in [1.82, 2.24) is 0 Å². The van der Waals surface area contributed by atoms with Gasteiger partial charge in [-0.25, -0.2) is 0 Å². The van der Waals surface area contributed by atoms with Gasteiger partial charge in [-0.15, -0.1) is 0 Å². The maximum atomic E-state index is 2.52. The molecule has 0 N–H and O–H groups in total. The van der Waals surface area contributed by atoms with E-state index in [0.29, 0.717) is 0 Å². The van der Waals surface area contributed by atoms with Crippen LogP contribution >= 0.6 is 0 Å². The Bertz CT molecular complexity index is 217. The molecule has 2 aliphatic heterocycles. The Morgan fingerprint density at radius 3 is 2.07 bits per heavy atom. The van der Waals surface area contributed by atoms with E-state index < -0.39 is 0 Å². The predicted molar refractivity (Wildman–Crippen MR) is 65.7 cm³/mol. The van der Waals surface area contributed by atoms with E-state index >= 15 is 0 Å². The number of rotatable bonds is 0. The normalized spacial score (nSPS) is 45.6. The van der Waals surface area contributed by atoms with Crippen LogP contribution in [0.1, 0.15) is 53.4 Å². The van der Waals surface area contributed by atoms with Gasteiger partial charge in [-0.05, 0) is 32.6 Å². The van der Waals surface area contributed by atoms with Crippen LogP contribution < -0.4 is 0 Å². The van der Waals surface area contributed by atoms with E-state index in [2.05, 4.69) is 27.7 Å². The molecule has 0 aromatic heterocycles. The van der Waals surface area contributed by atoms with Crippen LogP contribution in [0.3, 0.4) is 0 Å². The first-order chi connectivity index (χ1) is 7.08. The average molecular weight is 210 g/mol. The summed E-state index contributed by atoms with van der Waals surface area (Å²) in [6, 6.07) is 1.80. The number of hydrogen-bond donors (Lipinski definition) is 0. The molecular formula is C14H28N+. The van der Waals surface area contributed by atoms with Gasteiger partial charge in [0.15, 0.2) is 0 Å². The number of hydrogen-bond acceptors (Lipinski definition) is 0. The minimum atomic E-state index is 0.889. The summed E-state index contributed by atoms with van der Waals surface area (Å²) >= 11 is 0. The van der Waals surface area contributed by atoms with E-state index in [1.165, 1.54) is 43.3 Å². The topological polar surface area (TPSA) is 0 Å². The Labute approximate surface area is 95.4 Å². The largest absolute Gasteiger partial charge is 0.319 e. The van der Waals surface area contributed by atoms with Crippen LogP contribution in [0, 0.1) is 11.8 Å². The monoisotopic (exact) mass is 210 g/mol. The second-order valence-electron chi connectivity index (χ2n) is 6.26. The van der Waals surface area contributed by atoms with Gasteiger partial charge in [-0.2, -0.15) is 0 Å². The molecule has 1 nitrogen and oxygen atoms in total. The van der Waals surface area contributed by atoms with Crippen LogP contribution in [-0.4, -0.2) is 29.7 Å². The average Bonchev–Trinajstić information content (AvgIpc) is 2.70. The van der Waals surface area contributed by atoms with Gasteiger partial charge in [0.2, 0.25) is 0 Å². The first kappa shape index (κ1) is 11.4. The first-order valence-corrected chi connectivity index (χ1v) is 6.94. The third-order valence-electron chi connectivity index (χ3n) is 5.79. The Kier molecular flexibility index (Phi) is 3.12. The fourth-order valence-corrected chi connectivity index (χ4v) is 4.14. The van der Waals surface area contributed by atoms with E-state index in [1.54, 1.807) is 0 Å². The Balaban J connectivity index is 2.25. The van der Waals surface area contributed by atoms with Crippen molar-refractivity contribution in [3.63, 3.8) is 0 Å². The molecule has 1 spiro atoms. The van der Waals surface area contributed by atoms with E-state index in [1.807, 2.05) is 0 Å². The highest BCUT2D eigenvalue weighted by atomic mass is 15.4. The van der Waals surface area contributed by atoms with Crippen molar-refractivity contribution in [3.05, 3.63) is 0 Å². The first-order valence-electron chi connectivity index (χ1n) is 6.94. The van der Waals surface area contributed by atoms with Gasteiger partial charge in [0.05, 0.1) is 25.2 Å². The van der Waals surface area contributed by atoms with Crippen molar-refractivity contribution >= 4 is 0 Å². The molecule has 2 saturated heterocycles. The molecule has 0 bridgehead atoms. The zero-order chi connectivity index (χ0) is 11.1. The summed E-state index contributed by atoms with van der Waals surface area (Å²) in [7, 11) is 0. The van der Waals surface area contributed by atoms with Gasteiger partial charge in [0, 0.05) is 18.8 Å². The third kappa shape index (κ3) is 1.73. The van der Waals surface area contributed by atoms with Crippen molar-refractivity contribution in [2.45, 2.75) is 65.5 Å². The van der Waals surface area contributed by atoms with Gasteiger partial charge in [-0.3, -0.25) is 0 Å². The van der Waals surface area contributed by atoms with E-state index in [9.17, 15) is 0 Å². The van der Waals surface area contributed by atoms with Gasteiger partial charge < -0.3 is 4.48 Å². The minimum absolute atomic E-state index is 0.889. The van der Waals surface area contributed by atoms with Crippen LogP contribution in [0.25, 0.3) is 0 Å². The van der Waals surface area contributed by atoms with Crippen molar-refractivity contribution in [1.29, 1.82) is 0 Å². The standard InChI is InChI=1S/C14H28N/c1-11-7-8-12(2)15(9-5-6-10-15)14(4)13(11)3/h11-14H,5-10H2,1-4H3/q+1. The molecule has 0 saturated carbocycles. The maximum absolute atomic E-state index is 2.52. The summed E-state index contributed by atoms with van der Waals surface area (Å²) in [6.45, 7) is 12.9. The maximum Gasteiger partial charge on any atom is 0.0892 e. The molecule has 15 heavy (non-hydrogen) atoms. The van der Waals surface area contributed by atoms with Crippen LogP contribution in [0.2, 0.25) is 0 Å². The summed E-state index contributed by atoms with van der Waals surface area (Å²) in [5.41, 5.74) is 0. The Morgan fingerprint density at radius 1 is 0.867 bits per heavy atom.